The Labute approximate surface area is 155 Å². The minimum Gasteiger partial charge on any atom is -0.356 e. The van der Waals surface area contributed by atoms with Gasteiger partial charge >= 0.3 is 0 Å². The molecule has 1 fully saturated rings. The lowest BCUT2D eigenvalue weighted by atomic mass is 9.53. The molecule has 1 aliphatic rings. The SMILES string of the molecule is C.CC(C)C1(C(C)(C)C)CCC(C(=O)NCCc2ccncc2)CC1. The van der Waals surface area contributed by atoms with Gasteiger partial charge in [0.05, 0.1) is 0 Å². The molecule has 1 N–H and O–H groups in total. The zero-order valence-corrected chi connectivity index (χ0v) is 16.1. The Hall–Kier alpha value is -1.38. The first kappa shape index (κ1) is 21.7. The van der Waals surface area contributed by atoms with Gasteiger partial charge in [0.25, 0.3) is 0 Å². The van der Waals surface area contributed by atoms with Crippen LogP contribution in [0, 0.1) is 22.7 Å². The summed E-state index contributed by atoms with van der Waals surface area (Å²) in [7, 11) is 0. The summed E-state index contributed by atoms with van der Waals surface area (Å²) in [6, 6.07) is 4.01. The molecule has 142 valence electrons. The Morgan fingerprint density at radius 3 is 2.28 bits per heavy atom. The van der Waals surface area contributed by atoms with E-state index in [-0.39, 0.29) is 19.3 Å². The molecular formula is C22H38N2O. The number of nitrogens with one attached hydrogen (secondary N) is 1. The van der Waals surface area contributed by atoms with Crippen molar-refractivity contribution in [3.05, 3.63) is 30.1 Å². The molecule has 2 rings (SSSR count). The molecule has 3 heteroatoms. The number of hydrogen-bond acceptors (Lipinski definition) is 2. The van der Waals surface area contributed by atoms with E-state index in [2.05, 4.69) is 44.9 Å². The largest absolute Gasteiger partial charge is 0.356 e. The van der Waals surface area contributed by atoms with Crippen molar-refractivity contribution >= 4 is 5.91 Å². The van der Waals surface area contributed by atoms with Crippen LogP contribution in [0.3, 0.4) is 0 Å². The number of carbonyl (C=O) groups excluding carboxylic acids is 1. The molecule has 3 nitrogen and oxygen atoms in total. The molecule has 0 saturated heterocycles. The van der Waals surface area contributed by atoms with Gasteiger partial charge in [-0.2, -0.15) is 0 Å². The topological polar surface area (TPSA) is 42.0 Å². The molecule has 1 saturated carbocycles. The molecule has 0 radical (unpaired) electrons. The van der Waals surface area contributed by atoms with Crippen LogP contribution in [0.2, 0.25) is 0 Å². The molecular weight excluding hydrogens is 308 g/mol. The lowest BCUT2D eigenvalue weighted by Crippen LogP contribution is -2.45. The van der Waals surface area contributed by atoms with Gasteiger partial charge in [-0.05, 0) is 66.5 Å². The van der Waals surface area contributed by atoms with Crippen LogP contribution in [0.4, 0.5) is 0 Å². The van der Waals surface area contributed by atoms with Crippen molar-refractivity contribution in [3.63, 3.8) is 0 Å². The fraction of sp³-hybridized carbons (Fsp3) is 0.727. The summed E-state index contributed by atoms with van der Waals surface area (Å²) in [6.45, 7) is 12.5. The summed E-state index contributed by atoms with van der Waals surface area (Å²) in [5.74, 6) is 1.10. The van der Waals surface area contributed by atoms with Crippen molar-refractivity contribution in [2.75, 3.05) is 6.54 Å². The summed E-state index contributed by atoms with van der Waals surface area (Å²) < 4.78 is 0. The van der Waals surface area contributed by atoms with Crippen LogP contribution in [0.15, 0.2) is 24.5 Å². The van der Waals surface area contributed by atoms with Gasteiger partial charge in [0.15, 0.2) is 0 Å². The molecule has 1 aliphatic carbocycles. The average molecular weight is 347 g/mol. The van der Waals surface area contributed by atoms with E-state index in [1.807, 2.05) is 12.1 Å². The Kier molecular flexibility index (Phi) is 7.64. The first-order valence-electron chi connectivity index (χ1n) is 9.43. The summed E-state index contributed by atoms with van der Waals surface area (Å²) in [6.07, 6.45) is 8.85. The maximum Gasteiger partial charge on any atom is 0.223 e. The van der Waals surface area contributed by atoms with E-state index in [9.17, 15) is 4.79 Å². The lowest BCUT2D eigenvalue weighted by molar-refractivity contribution is -0.128. The monoisotopic (exact) mass is 346 g/mol. The molecule has 0 aliphatic heterocycles. The summed E-state index contributed by atoms with van der Waals surface area (Å²) in [5.41, 5.74) is 1.88. The fourth-order valence-electron chi connectivity index (χ4n) is 4.61. The second-order valence-corrected chi connectivity index (χ2v) is 8.73. The minimum atomic E-state index is 0. The summed E-state index contributed by atoms with van der Waals surface area (Å²) >= 11 is 0. The molecule has 25 heavy (non-hydrogen) atoms. The maximum absolute atomic E-state index is 12.5. The highest BCUT2D eigenvalue weighted by Gasteiger charge is 2.47. The predicted molar refractivity (Wildman–Crippen MR) is 106 cm³/mol. The third-order valence-electron chi connectivity index (χ3n) is 6.31. The highest BCUT2D eigenvalue weighted by molar-refractivity contribution is 5.78. The maximum atomic E-state index is 12.5. The normalized spacial score (nSPS) is 23.8. The number of carbonyl (C=O) groups is 1. The number of hydrogen-bond donors (Lipinski definition) is 1. The van der Waals surface area contributed by atoms with E-state index in [0.717, 1.165) is 32.1 Å². The van der Waals surface area contributed by atoms with Crippen molar-refractivity contribution in [1.82, 2.24) is 10.3 Å². The highest BCUT2D eigenvalue weighted by Crippen LogP contribution is 2.55. The Morgan fingerprint density at radius 1 is 1.24 bits per heavy atom. The van der Waals surface area contributed by atoms with Gasteiger partial charge in [0.1, 0.15) is 0 Å². The Balaban J connectivity index is 0.00000312. The molecule has 1 heterocycles. The van der Waals surface area contributed by atoms with Crippen LogP contribution in [-0.2, 0) is 11.2 Å². The van der Waals surface area contributed by atoms with Gasteiger partial charge in [-0.3, -0.25) is 9.78 Å². The van der Waals surface area contributed by atoms with Gasteiger partial charge in [-0.15, -0.1) is 0 Å². The number of aromatic nitrogens is 1. The average Bonchev–Trinajstić information content (AvgIpc) is 2.54. The van der Waals surface area contributed by atoms with E-state index in [4.69, 9.17) is 0 Å². The van der Waals surface area contributed by atoms with Crippen LogP contribution >= 0.6 is 0 Å². The molecule has 0 spiro atoms. The van der Waals surface area contributed by atoms with Crippen LogP contribution in [0.25, 0.3) is 0 Å². The first-order chi connectivity index (χ1) is 11.3. The molecule has 0 atom stereocenters. The van der Waals surface area contributed by atoms with E-state index in [1.54, 1.807) is 12.4 Å². The summed E-state index contributed by atoms with van der Waals surface area (Å²) in [4.78, 5) is 16.5. The summed E-state index contributed by atoms with van der Waals surface area (Å²) in [5, 5.41) is 3.14. The smallest absolute Gasteiger partial charge is 0.223 e. The van der Waals surface area contributed by atoms with Gasteiger partial charge in [-0.1, -0.05) is 42.0 Å². The van der Waals surface area contributed by atoms with Crippen LogP contribution < -0.4 is 5.32 Å². The number of rotatable bonds is 5. The van der Waals surface area contributed by atoms with E-state index in [0.29, 0.717) is 23.3 Å². The third kappa shape index (κ3) is 5.05. The Morgan fingerprint density at radius 2 is 1.80 bits per heavy atom. The highest BCUT2D eigenvalue weighted by atomic mass is 16.1. The van der Waals surface area contributed by atoms with Crippen molar-refractivity contribution in [2.45, 2.75) is 74.1 Å². The van der Waals surface area contributed by atoms with Gasteiger partial charge in [0, 0.05) is 24.9 Å². The second-order valence-electron chi connectivity index (χ2n) is 8.73. The molecule has 0 aromatic carbocycles. The quantitative estimate of drug-likeness (QED) is 0.790. The fourth-order valence-corrected chi connectivity index (χ4v) is 4.61. The predicted octanol–water partition coefficient (Wildman–Crippen LogP) is 5.26. The standard InChI is InChI=1S/C21H34N2O.CH4/c1-16(2)21(20(3,4)5)11-6-18(7-12-21)19(24)23-15-10-17-8-13-22-14-9-17;/h8-9,13-14,16,18H,6-7,10-12,15H2,1-5H3,(H,23,24);1H4. The van der Waals surface area contributed by atoms with Crippen molar-refractivity contribution in [1.29, 1.82) is 0 Å². The third-order valence-corrected chi connectivity index (χ3v) is 6.31. The first-order valence-corrected chi connectivity index (χ1v) is 9.43. The minimum absolute atomic E-state index is 0. The van der Waals surface area contributed by atoms with Crippen molar-refractivity contribution in [3.8, 4) is 0 Å². The molecule has 1 amide bonds. The molecule has 1 aromatic heterocycles. The van der Waals surface area contributed by atoms with E-state index < -0.39 is 0 Å². The molecule has 1 aromatic rings. The van der Waals surface area contributed by atoms with Gasteiger partial charge in [-0.25, -0.2) is 0 Å². The zero-order chi connectivity index (χ0) is 17.8. The van der Waals surface area contributed by atoms with E-state index >= 15 is 0 Å². The van der Waals surface area contributed by atoms with Gasteiger partial charge in [0.2, 0.25) is 5.91 Å². The lowest BCUT2D eigenvalue weighted by Gasteiger charge is -2.52. The molecule has 0 bridgehead atoms. The second kappa shape index (κ2) is 8.82. The van der Waals surface area contributed by atoms with Crippen molar-refractivity contribution in [2.24, 2.45) is 22.7 Å². The van der Waals surface area contributed by atoms with Crippen LogP contribution in [-0.4, -0.2) is 17.4 Å². The van der Waals surface area contributed by atoms with Gasteiger partial charge < -0.3 is 5.32 Å². The van der Waals surface area contributed by atoms with Crippen molar-refractivity contribution < 1.29 is 4.79 Å². The Bertz CT molecular complexity index is 523. The van der Waals surface area contributed by atoms with Crippen LogP contribution in [0.1, 0.15) is 73.3 Å². The van der Waals surface area contributed by atoms with E-state index in [1.165, 1.54) is 5.56 Å². The van der Waals surface area contributed by atoms with Crippen LogP contribution in [0.5, 0.6) is 0 Å². The number of amides is 1. The molecule has 0 unspecified atom stereocenters. The number of nitrogens with zero attached hydrogens (tertiary/aromatic N) is 1. The number of pyridine rings is 1. The zero-order valence-electron chi connectivity index (χ0n) is 16.1.